The van der Waals surface area contributed by atoms with Gasteiger partial charge in [-0.25, -0.2) is 9.97 Å². The second-order valence-electron chi connectivity index (χ2n) is 10.6. The summed E-state index contributed by atoms with van der Waals surface area (Å²) < 4.78 is 47.8. The van der Waals surface area contributed by atoms with Crippen LogP contribution in [0.5, 0.6) is 0 Å². The number of rotatable bonds is 6. The first-order valence-electron chi connectivity index (χ1n) is 13.4. The number of amides is 1. The lowest BCUT2D eigenvalue weighted by atomic mass is 9.88. The number of nitrogens with zero attached hydrogens (tertiary/aromatic N) is 4. The molecule has 0 saturated carbocycles. The van der Waals surface area contributed by atoms with E-state index in [-0.39, 0.29) is 18.7 Å². The maximum Gasteiger partial charge on any atom is 0.408 e. The summed E-state index contributed by atoms with van der Waals surface area (Å²) in [6, 6.07) is 7.88. The average Bonchev–Trinajstić information content (AvgIpc) is 3.48. The van der Waals surface area contributed by atoms with Gasteiger partial charge in [-0.1, -0.05) is 18.7 Å². The van der Waals surface area contributed by atoms with Gasteiger partial charge in [-0.15, -0.1) is 0 Å². The summed E-state index contributed by atoms with van der Waals surface area (Å²) in [4.78, 5) is 28.1. The standard InChI is InChI=1S/C28H31F3N6O2/c1-2-24(38)36-11-9-18(10-12-36)25(28(29,30)31)34-19-5-3-17(4-6-19)23-13-22-26(35-23)32-16-33-27(22)37-20-7-8-21(37)15-39-14-20/h2-6,13,16,18,20-21,25,34H,1,7-12,14-15H2,(H,32,33,35)/t20?,21?,25-/m0/s1. The summed E-state index contributed by atoms with van der Waals surface area (Å²) in [6.45, 7) is 5.43. The highest BCUT2D eigenvalue weighted by Crippen LogP contribution is 2.38. The summed E-state index contributed by atoms with van der Waals surface area (Å²) >= 11 is 0. The molecule has 2 N–H and O–H groups in total. The summed E-state index contributed by atoms with van der Waals surface area (Å²) in [5, 5.41) is 3.64. The number of aromatic nitrogens is 3. The van der Waals surface area contributed by atoms with E-state index < -0.39 is 18.1 Å². The fourth-order valence-corrected chi connectivity index (χ4v) is 6.24. The van der Waals surface area contributed by atoms with Gasteiger partial charge in [0.05, 0.1) is 30.7 Å². The van der Waals surface area contributed by atoms with Gasteiger partial charge in [-0.3, -0.25) is 4.79 Å². The van der Waals surface area contributed by atoms with Crippen molar-refractivity contribution in [3.63, 3.8) is 0 Å². The number of carbonyl (C=O) groups is 1. The molecule has 5 heterocycles. The quantitative estimate of drug-likeness (QED) is 0.439. The van der Waals surface area contributed by atoms with Crippen LogP contribution in [0.3, 0.4) is 0 Å². The second-order valence-corrected chi connectivity index (χ2v) is 10.6. The highest BCUT2D eigenvalue weighted by molar-refractivity contribution is 5.92. The number of H-pyrrole nitrogens is 1. The number of halogens is 3. The number of benzene rings is 1. The Hall–Kier alpha value is -3.60. The van der Waals surface area contributed by atoms with Gasteiger partial charge in [0.1, 0.15) is 23.8 Å². The highest BCUT2D eigenvalue weighted by atomic mass is 19.4. The molecular formula is C28H31F3N6O2. The van der Waals surface area contributed by atoms with Crippen molar-refractivity contribution in [3.05, 3.63) is 49.3 Å². The molecule has 2 aromatic heterocycles. The van der Waals surface area contributed by atoms with Crippen LogP contribution in [0.4, 0.5) is 24.7 Å². The molecule has 8 nitrogen and oxygen atoms in total. The smallest absolute Gasteiger partial charge is 0.377 e. The molecule has 1 aromatic carbocycles. The van der Waals surface area contributed by atoms with Crippen molar-refractivity contribution in [2.45, 2.75) is 50.0 Å². The van der Waals surface area contributed by atoms with E-state index in [1.165, 1.54) is 6.08 Å². The zero-order valence-electron chi connectivity index (χ0n) is 21.5. The number of morpholine rings is 1. The molecule has 3 aromatic rings. The van der Waals surface area contributed by atoms with E-state index in [4.69, 9.17) is 4.74 Å². The van der Waals surface area contributed by atoms with Crippen molar-refractivity contribution in [1.29, 1.82) is 0 Å². The van der Waals surface area contributed by atoms with Crippen LogP contribution in [-0.2, 0) is 9.53 Å². The molecule has 3 aliphatic rings. The number of carbonyl (C=O) groups excluding carboxylic acids is 1. The minimum Gasteiger partial charge on any atom is -0.377 e. The van der Waals surface area contributed by atoms with Gasteiger partial charge in [-0.2, -0.15) is 13.2 Å². The van der Waals surface area contributed by atoms with E-state index in [0.717, 1.165) is 41.0 Å². The third-order valence-electron chi connectivity index (χ3n) is 8.26. The Kier molecular flexibility index (Phi) is 6.70. The molecule has 3 saturated heterocycles. The van der Waals surface area contributed by atoms with Crippen LogP contribution in [0, 0.1) is 5.92 Å². The first-order valence-corrected chi connectivity index (χ1v) is 13.4. The maximum absolute atomic E-state index is 14.0. The van der Waals surface area contributed by atoms with Gasteiger partial charge in [-0.05, 0) is 61.4 Å². The molecular weight excluding hydrogens is 509 g/mol. The molecule has 2 unspecified atom stereocenters. The first-order chi connectivity index (χ1) is 18.8. The summed E-state index contributed by atoms with van der Waals surface area (Å²) in [6.07, 6.45) is 1.05. The Balaban J connectivity index is 1.19. The van der Waals surface area contributed by atoms with E-state index in [1.54, 1.807) is 35.5 Å². The molecule has 6 rings (SSSR count). The van der Waals surface area contributed by atoms with Crippen molar-refractivity contribution >= 4 is 28.4 Å². The van der Waals surface area contributed by atoms with Crippen LogP contribution in [0.15, 0.2) is 49.3 Å². The van der Waals surface area contributed by atoms with Crippen molar-refractivity contribution in [2.24, 2.45) is 5.92 Å². The number of aromatic amines is 1. The maximum atomic E-state index is 14.0. The number of nitrogens with one attached hydrogen (secondary N) is 2. The van der Waals surface area contributed by atoms with Gasteiger partial charge in [0, 0.05) is 24.5 Å². The molecule has 0 radical (unpaired) electrons. The number of alkyl halides is 3. The van der Waals surface area contributed by atoms with E-state index in [2.05, 4.69) is 31.7 Å². The van der Waals surface area contributed by atoms with E-state index in [0.29, 0.717) is 44.1 Å². The number of hydrogen-bond acceptors (Lipinski definition) is 6. The molecule has 0 aliphatic carbocycles. The van der Waals surface area contributed by atoms with E-state index in [9.17, 15) is 18.0 Å². The first kappa shape index (κ1) is 25.7. The van der Waals surface area contributed by atoms with E-state index >= 15 is 0 Å². The van der Waals surface area contributed by atoms with Crippen LogP contribution < -0.4 is 10.2 Å². The fourth-order valence-electron chi connectivity index (χ4n) is 6.24. The van der Waals surface area contributed by atoms with Gasteiger partial charge in [0.15, 0.2) is 0 Å². The molecule has 1 amide bonds. The predicted octanol–water partition coefficient (Wildman–Crippen LogP) is 4.76. The van der Waals surface area contributed by atoms with Crippen LogP contribution >= 0.6 is 0 Å². The lowest BCUT2D eigenvalue weighted by Gasteiger charge is -2.37. The van der Waals surface area contributed by atoms with Gasteiger partial charge < -0.3 is 24.8 Å². The molecule has 3 atom stereocenters. The average molecular weight is 541 g/mol. The third kappa shape index (κ3) is 4.95. The van der Waals surface area contributed by atoms with Crippen molar-refractivity contribution in [3.8, 4) is 11.3 Å². The fraction of sp³-hybridized carbons (Fsp3) is 0.464. The Labute approximate surface area is 224 Å². The molecule has 11 heteroatoms. The lowest BCUT2D eigenvalue weighted by molar-refractivity contribution is -0.157. The molecule has 3 fully saturated rings. The van der Waals surface area contributed by atoms with Gasteiger partial charge in [0.2, 0.25) is 5.91 Å². The van der Waals surface area contributed by atoms with Gasteiger partial charge in [0.25, 0.3) is 0 Å². The van der Waals surface area contributed by atoms with Crippen molar-refractivity contribution in [1.82, 2.24) is 19.9 Å². The summed E-state index contributed by atoms with van der Waals surface area (Å²) in [5.41, 5.74) is 2.79. The third-order valence-corrected chi connectivity index (χ3v) is 8.26. The molecule has 2 bridgehead atoms. The number of anilines is 2. The van der Waals surface area contributed by atoms with Crippen LogP contribution in [0.25, 0.3) is 22.3 Å². The molecule has 0 spiro atoms. The van der Waals surface area contributed by atoms with Crippen LogP contribution in [0.1, 0.15) is 25.7 Å². The Morgan fingerprint density at radius 1 is 1.10 bits per heavy atom. The SMILES string of the molecule is C=CC(=O)N1CCC([C@H](Nc2ccc(-c3cc4c(N5C6CCC5COC6)ncnc4[nH]3)cc2)C(F)(F)F)CC1. The van der Waals surface area contributed by atoms with Gasteiger partial charge >= 0.3 is 6.18 Å². The number of hydrogen-bond donors (Lipinski definition) is 2. The lowest BCUT2D eigenvalue weighted by Crippen LogP contribution is -2.48. The zero-order chi connectivity index (χ0) is 27.1. The van der Waals surface area contributed by atoms with Crippen molar-refractivity contribution in [2.75, 3.05) is 36.5 Å². The number of ether oxygens (including phenoxy) is 1. The van der Waals surface area contributed by atoms with Crippen molar-refractivity contribution < 1.29 is 22.7 Å². The molecule has 3 aliphatic heterocycles. The number of likely N-dealkylation sites (tertiary alicyclic amines) is 1. The Morgan fingerprint density at radius 3 is 2.44 bits per heavy atom. The Morgan fingerprint density at radius 2 is 1.79 bits per heavy atom. The number of piperidine rings is 1. The predicted molar refractivity (Wildman–Crippen MR) is 142 cm³/mol. The minimum absolute atomic E-state index is 0.243. The summed E-state index contributed by atoms with van der Waals surface area (Å²) in [5.74, 6) is 0.0260. The molecule has 39 heavy (non-hydrogen) atoms. The monoisotopic (exact) mass is 540 g/mol. The molecule has 206 valence electrons. The largest absolute Gasteiger partial charge is 0.408 e. The van der Waals surface area contributed by atoms with Crippen LogP contribution in [0.2, 0.25) is 0 Å². The summed E-state index contributed by atoms with van der Waals surface area (Å²) in [7, 11) is 0. The second kappa shape index (κ2) is 10.2. The highest BCUT2D eigenvalue weighted by Gasteiger charge is 2.45. The minimum atomic E-state index is -4.42. The normalized spacial score (nSPS) is 22.7. The van der Waals surface area contributed by atoms with E-state index in [1.807, 2.05) is 6.07 Å². The zero-order valence-corrected chi connectivity index (χ0v) is 21.5. The number of fused-ring (bicyclic) bond motifs is 3. The Bertz CT molecular complexity index is 1330. The van der Waals surface area contributed by atoms with Crippen LogP contribution in [-0.4, -0.2) is 76.4 Å². The topological polar surface area (TPSA) is 86.4 Å².